The van der Waals surface area contributed by atoms with Gasteiger partial charge in [-0.25, -0.2) is 0 Å². The normalized spacial score (nSPS) is 22.7. The molecule has 3 unspecified atom stereocenters. The second-order valence-electron chi connectivity index (χ2n) is 8.59. The zero-order chi connectivity index (χ0) is 21.9. The van der Waals surface area contributed by atoms with E-state index < -0.39 is 7.60 Å². The van der Waals surface area contributed by atoms with Gasteiger partial charge in [-0.15, -0.1) is 0 Å². The highest BCUT2D eigenvalue weighted by molar-refractivity contribution is 7.54. The first-order valence-corrected chi connectivity index (χ1v) is 13.8. The van der Waals surface area contributed by atoms with E-state index in [0.29, 0.717) is 26.0 Å². The third kappa shape index (κ3) is 13.7. The van der Waals surface area contributed by atoms with Gasteiger partial charge in [0, 0.05) is 18.9 Å². The zero-order valence-corrected chi connectivity index (χ0v) is 20.3. The summed E-state index contributed by atoms with van der Waals surface area (Å²) in [5.74, 6) is 0.0518. The van der Waals surface area contributed by atoms with E-state index in [4.69, 9.17) is 13.8 Å². The number of unbranched alkanes of at least 4 members (excludes halogenated alkanes) is 10. The number of aldehydes is 1. The molecule has 1 saturated heterocycles. The van der Waals surface area contributed by atoms with E-state index in [1.807, 2.05) is 0 Å². The molecular formula is C24H45O5P. The van der Waals surface area contributed by atoms with Crippen LogP contribution in [0.1, 0.15) is 90.4 Å². The highest BCUT2D eigenvalue weighted by Crippen LogP contribution is 2.53. The second-order valence-corrected chi connectivity index (χ2v) is 10.8. The van der Waals surface area contributed by atoms with Crippen LogP contribution in [0.4, 0.5) is 0 Å². The van der Waals surface area contributed by atoms with Crippen molar-refractivity contribution in [3.05, 3.63) is 12.2 Å². The quantitative estimate of drug-likeness (QED) is 0.0880. The first-order chi connectivity index (χ1) is 14.6. The van der Waals surface area contributed by atoms with Crippen LogP contribution in [0.5, 0.6) is 0 Å². The van der Waals surface area contributed by atoms with E-state index in [-0.39, 0.29) is 11.8 Å². The van der Waals surface area contributed by atoms with Crippen LogP contribution in [0.25, 0.3) is 0 Å². The van der Waals surface area contributed by atoms with E-state index in [1.165, 1.54) is 77.7 Å². The van der Waals surface area contributed by atoms with Crippen molar-refractivity contribution in [2.24, 2.45) is 11.8 Å². The molecule has 0 aromatic carbocycles. The zero-order valence-electron chi connectivity index (χ0n) is 19.4. The summed E-state index contributed by atoms with van der Waals surface area (Å²) in [6, 6.07) is 0. The summed E-state index contributed by atoms with van der Waals surface area (Å²) in [4.78, 5) is 11.3. The molecule has 0 aromatic rings. The fourth-order valence-corrected chi connectivity index (χ4v) is 5.39. The number of carbonyl (C=O) groups excluding carboxylic acids is 1. The molecule has 0 radical (unpaired) electrons. The minimum atomic E-state index is -2.88. The minimum Gasteiger partial charge on any atom is -0.380 e. The molecule has 0 amide bonds. The summed E-state index contributed by atoms with van der Waals surface area (Å²) in [6.45, 7) is 3.58. The number of hydrogen-bond donors (Lipinski definition) is 0. The Kier molecular flexibility index (Phi) is 16.6. The molecule has 3 atom stereocenters. The van der Waals surface area contributed by atoms with E-state index >= 15 is 0 Å². The molecular weight excluding hydrogens is 399 g/mol. The Morgan fingerprint density at radius 1 is 1.00 bits per heavy atom. The van der Waals surface area contributed by atoms with Crippen molar-refractivity contribution in [1.82, 2.24) is 0 Å². The van der Waals surface area contributed by atoms with Crippen molar-refractivity contribution in [2.75, 3.05) is 33.1 Å². The number of rotatable bonds is 20. The molecule has 1 rings (SSSR count). The van der Waals surface area contributed by atoms with E-state index in [2.05, 4.69) is 19.1 Å². The summed E-state index contributed by atoms with van der Waals surface area (Å²) in [7, 11) is -1.46. The molecule has 1 aliphatic rings. The Bertz CT molecular complexity index is 494. The molecule has 0 aromatic heterocycles. The lowest BCUT2D eigenvalue weighted by atomic mass is 10.0. The van der Waals surface area contributed by atoms with Crippen LogP contribution >= 0.6 is 7.60 Å². The van der Waals surface area contributed by atoms with Gasteiger partial charge in [0.25, 0.3) is 0 Å². The van der Waals surface area contributed by atoms with Crippen LogP contribution in [-0.2, 0) is 23.1 Å². The Morgan fingerprint density at radius 2 is 1.63 bits per heavy atom. The van der Waals surface area contributed by atoms with E-state index in [9.17, 15) is 9.36 Å². The smallest absolute Gasteiger partial charge is 0.330 e. The van der Waals surface area contributed by atoms with Gasteiger partial charge in [-0.1, -0.05) is 70.4 Å². The fraction of sp³-hybridized carbons (Fsp3) is 0.875. The van der Waals surface area contributed by atoms with Gasteiger partial charge in [-0.2, -0.15) is 0 Å². The van der Waals surface area contributed by atoms with Crippen LogP contribution in [0, 0.1) is 11.8 Å². The third-order valence-corrected chi connectivity index (χ3v) is 7.79. The average molecular weight is 445 g/mol. The molecule has 5 nitrogen and oxygen atoms in total. The molecule has 0 bridgehead atoms. The van der Waals surface area contributed by atoms with Crippen LogP contribution in [0.2, 0.25) is 0 Å². The maximum Gasteiger partial charge on any atom is 0.330 e. The molecule has 6 heteroatoms. The van der Waals surface area contributed by atoms with Crippen molar-refractivity contribution in [1.29, 1.82) is 0 Å². The molecule has 0 aliphatic carbocycles. The highest BCUT2D eigenvalue weighted by Gasteiger charge is 2.35. The van der Waals surface area contributed by atoms with Gasteiger partial charge < -0.3 is 18.6 Å². The first kappa shape index (κ1) is 27.6. The molecule has 1 heterocycles. The Labute approximate surface area is 184 Å². The second kappa shape index (κ2) is 18.1. The van der Waals surface area contributed by atoms with Gasteiger partial charge in [-0.05, 0) is 32.1 Å². The summed E-state index contributed by atoms with van der Waals surface area (Å²) >= 11 is 0. The van der Waals surface area contributed by atoms with Crippen LogP contribution in [0.3, 0.4) is 0 Å². The van der Waals surface area contributed by atoms with E-state index in [0.717, 1.165) is 19.1 Å². The predicted molar refractivity (Wildman–Crippen MR) is 124 cm³/mol. The molecule has 1 aliphatic heterocycles. The summed E-state index contributed by atoms with van der Waals surface area (Å²) in [5.41, 5.74) is 0. The Balaban J connectivity index is 1.91. The summed E-state index contributed by atoms with van der Waals surface area (Å²) in [5, 5.41) is 0. The standard InChI is InChI=1S/C24H45O5P/c1-3-4-5-6-7-8-9-10-11-12-13-14-15-16-17-23(18-25)19-28-20-24-21-29-30(26,22-24)27-2/h10-11,18,23-24H,3-9,12-17,19-22H2,1-2H3/b11-10-. The van der Waals surface area contributed by atoms with Crippen LogP contribution in [-0.4, -0.2) is 39.4 Å². The predicted octanol–water partition coefficient (Wildman–Crippen LogP) is 6.95. The fourth-order valence-electron chi connectivity index (χ4n) is 3.75. The number of hydrogen-bond acceptors (Lipinski definition) is 5. The van der Waals surface area contributed by atoms with Gasteiger partial charge in [0.1, 0.15) is 6.29 Å². The number of carbonyl (C=O) groups is 1. The first-order valence-electron chi connectivity index (χ1n) is 12.1. The summed E-state index contributed by atoms with van der Waals surface area (Å²) < 4.78 is 27.8. The average Bonchev–Trinajstić information content (AvgIpc) is 3.14. The lowest BCUT2D eigenvalue weighted by Crippen LogP contribution is -2.17. The molecule has 1 fully saturated rings. The van der Waals surface area contributed by atoms with Gasteiger partial charge in [0.15, 0.2) is 0 Å². The van der Waals surface area contributed by atoms with Crippen molar-refractivity contribution in [2.45, 2.75) is 90.4 Å². The topological polar surface area (TPSA) is 61.8 Å². The van der Waals surface area contributed by atoms with Crippen LogP contribution in [0.15, 0.2) is 12.2 Å². The van der Waals surface area contributed by atoms with Gasteiger partial charge >= 0.3 is 7.60 Å². The number of ether oxygens (including phenoxy) is 1. The summed E-state index contributed by atoms with van der Waals surface area (Å²) in [6.07, 6.45) is 22.3. The maximum absolute atomic E-state index is 11.9. The highest BCUT2D eigenvalue weighted by atomic mass is 31.2. The lowest BCUT2D eigenvalue weighted by Gasteiger charge is -2.13. The van der Waals surface area contributed by atoms with Crippen molar-refractivity contribution in [3.8, 4) is 0 Å². The van der Waals surface area contributed by atoms with Crippen molar-refractivity contribution < 1.29 is 23.1 Å². The SMILES string of the molecule is CCCCCCCC/C=C\CCCCCCC(C=O)COCC1COP(=O)(OC)C1. The van der Waals surface area contributed by atoms with Gasteiger partial charge in [-0.3, -0.25) is 4.57 Å². The number of allylic oxidation sites excluding steroid dienone is 2. The third-order valence-electron chi connectivity index (χ3n) is 5.73. The largest absolute Gasteiger partial charge is 0.380 e. The Morgan fingerprint density at radius 3 is 2.23 bits per heavy atom. The lowest BCUT2D eigenvalue weighted by molar-refractivity contribution is -0.113. The molecule has 30 heavy (non-hydrogen) atoms. The minimum absolute atomic E-state index is 0.0428. The Hall–Kier alpha value is -0.480. The molecule has 0 spiro atoms. The van der Waals surface area contributed by atoms with Crippen LogP contribution < -0.4 is 0 Å². The van der Waals surface area contributed by atoms with E-state index in [1.54, 1.807) is 0 Å². The molecule has 176 valence electrons. The van der Waals surface area contributed by atoms with Gasteiger partial charge in [0.2, 0.25) is 0 Å². The molecule has 0 saturated carbocycles. The maximum atomic E-state index is 11.9. The van der Waals surface area contributed by atoms with Crippen molar-refractivity contribution >= 4 is 13.9 Å². The monoisotopic (exact) mass is 444 g/mol. The molecule has 0 N–H and O–H groups in total. The van der Waals surface area contributed by atoms with Gasteiger partial charge in [0.05, 0.1) is 26.0 Å². The van der Waals surface area contributed by atoms with Crippen molar-refractivity contribution in [3.63, 3.8) is 0 Å².